The molecule has 1 rings (SSSR count). The number of benzene rings is 1. The SMILES string of the molecule is CNc1cc(OS(=O)(=O)O)ccc1O. The number of hydrogen-bond donors (Lipinski definition) is 3. The van der Waals surface area contributed by atoms with Crippen LogP contribution in [-0.4, -0.2) is 25.1 Å². The van der Waals surface area contributed by atoms with Gasteiger partial charge in [-0.25, -0.2) is 0 Å². The van der Waals surface area contributed by atoms with Gasteiger partial charge in [0.05, 0.1) is 5.69 Å². The van der Waals surface area contributed by atoms with E-state index in [-0.39, 0.29) is 11.5 Å². The van der Waals surface area contributed by atoms with Crippen molar-refractivity contribution < 1.29 is 22.3 Å². The molecule has 0 radical (unpaired) electrons. The Hall–Kier alpha value is -1.47. The van der Waals surface area contributed by atoms with E-state index >= 15 is 0 Å². The van der Waals surface area contributed by atoms with Crippen molar-refractivity contribution in [3.63, 3.8) is 0 Å². The standard InChI is InChI=1S/C7H9NO5S/c1-8-6-4-5(2-3-7(6)9)13-14(10,11)12/h2-4,8-9H,1H3,(H,10,11,12). The second-order valence-corrected chi connectivity index (χ2v) is 3.46. The van der Waals surface area contributed by atoms with E-state index in [9.17, 15) is 13.5 Å². The van der Waals surface area contributed by atoms with Crippen molar-refractivity contribution in [2.75, 3.05) is 12.4 Å². The fraction of sp³-hybridized carbons (Fsp3) is 0.143. The first-order chi connectivity index (χ1) is 6.42. The van der Waals surface area contributed by atoms with E-state index in [1.54, 1.807) is 7.05 Å². The number of phenols is 1. The molecule has 3 N–H and O–H groups in total. The molecule has 0 amide bonds. The summed E-state index contributed by atoms with van der Waals surface area (Å²) >= 11 is 0. The first-order valence-electron chi connectivity index (χ1n) is 3.60. The summed E-state index contributed by atoms with van der Waals surface area (Å²) in [5, 5.41) is 11.8. The molecule has 7 heteroatoms. The lowest BCUT2D eigenvalue weighted by molar-refractivity contribution is 0.386. The van der Waals surface area contributed by atoms with Gasteiger partial charge in [-0.1, -0.05) is 0 Å². The fourth-order valence-corrected chi connectivity index (χ4v) is 1.24. The first kappa shape index (κ1) is 10.6. The van der Waals surface area contributed by atoms with Crippen LogP contribution in [0, 0.1) is 0 Å². The molecule has 0 aliphatic heterocycles. The van der Waals surface area contributed by atoms with Crippen molar-refractivity contribution in [1.82, 2.24) is 0 Å². The van der Waals surface area contributed by atoms with Gasteiger partial charge in [0.25, 0.3) is 0 Å². The number of aromatic hydroxyl groups is 1. The summed E-state index contributed by atoms with van der Waals surface area (Å²) in [6, 6.07) is 3.69. The van der Waals surface area contributed by atoms with E-state index in [4.69, 9.17) is 4.55 Å². The third-order valence-corrected chi connectivity index (χ3v) is 1.84. The van der Waals surface area contributed by atoms with Gasteiger partial charge >= 0.3 is 10.4 Å². The Bertz CT molecular complexity index is 428. The summed E-state index contributed by atoms with van der Waals surface area (Å²) in [5.74, 6) is -0.134. The molecular formula is C7H9NO5S. The zero-order chi connectivity index (χ0) is 10.8. The molecule has 0 aromatic heterocycles. The highest BCUT2D eigenvalue weighted by Gasteiger charge is 2.08. The van der Waals surface area contributed by atoms with Crippen molar-refractivity contribution in [3.8, 4) is 11.5 Å². The molecule has 0 fully saturated rings. The van der Waals surface area contributed by atoms with Gasteiger partial charge in [0.2, 0.25) is 0 Å². The van der Waals surface area contributed by atoms with Crippen LogP contribution in [0.15, 0.2) is 18.2 Å². The number of anilines is 1. The summed E-state index contributed by atoms with van der Waals surface area (Å²) in [6.07, 6.45) is 0. The fourth-order valence-electron chi connectivity index (χ4n) is 0.889. The number of hydrogen-bond acceptors (Lipinski definition) is 5. The van der Waals surface area contributed by atoms with Crippen LogP contribution in [0.5, 0.6) is 11.5 Å². The molecule has 0 aliphatic rings. The first-order valence-corrected chi connectivity index (χ1v) is 4.96. The summed E-state index contributed by atoms with van der Waals surface area (Å²) in [5.41, 5.74) is 0.297. The van der Waals surface area contributed by atoms with Crippen LogP contribution in [0.4, 0.5) is 5.69 Å². The normalized spacial score (nSPS) is 11.0. The maximum Gasteiger partial charge on any atom is 0.446 e. The molecule has 0 atom stereocenters. The Kier molecular flexibility index (Phi) is 2.82. The average molecular weight is 219 g/mol. The molecular weight excluding hydrogens is 210 g/mol. The van der Waals surface area contributed by atoms with Gasteiger partial charge in [0, 0.05) is 13.1 Å². The molecule has 78 valence electrons. The van der Waals surface area contributed by atoms with Crippen LogP contribution in [0.25, 0.3) is 0 Å². The Balaban J connectivity index is 3.01. The largest absolute Gasteiger partial charge is 0.506 e. The monoisotopic (exact) mass is 219 g/mol. The number of rotatable bonds is 3. The van der Waals surface area contributed by atoms with E-state index < -0.39 is 10.4 Å². The van der Waals surface area contributed by atoms with Crippen molar-refractivity contribution in [2.45, 2.75) is 0 Å². The molecule has 0 heterocycles. The lowest BCUT2D eigenvalue weighted by atomic mass is 10.3. The third-order valence-electron chi connectivity index (χ3n) is 1.44. The van der Waals surface area contributed by atoms with E-state index in [1.807, 2.05) is 0 Å². The summed E-state index contributed by atoms with van der Waals surface area (Å²) in [7, 11) is -2.98. The van der Waals surface area contributed by atoms with Gasteiger partial charge in [0.1, 0.15) is 11.5 Å². The molecule has 1 aromatic rings. The Morgan fingerprint density at radius 2 is 2.07 bits per heavy atom. The second-order valence-electron chi connectivity index (χ2n) is 2.44. The minimum Gasteiger partial charge on any atom is -0.506 e. The van der Waals surface area contributed by atoms with Crippen LogP contribution in [-0.2, 0) is 10.4 Å². The smallest absolute Gasteiger partial charge is 0.446 e. The zero-order valence-electron chi connectivity index (χ0n) is 7.26. The van der Waals surface area contributed by atoms with Crippen molar-refractivity contribution in [2.24, 2.45) is 0 Å². The molecule has 6 nitrogen and oxygen atoms in total. The molecule has 0 unspecified atom stereocenters. The van der Waals surface area contributed by atoms with E-state index in [1.165, 1.54) is 18.2 Å². The quantitative estimate of drug-likeness (QED) is 0.509. The van der Waals surface area contributed by atoms with Crippen LogP contribution < -0.4 is 9.50 Å². The highest BCUT2D eigenvalue weighted by atomic mass is 32.3. The highest BCUT2D eigenvalue weighted by molar-refractivity contribution is 7.81. The van der Waals surface area contributed by atoms with Gasteiger partial charge in [-0.3, -0.25) is 4.55 Å². The van der Waals surface area contributed by atoms with E-state index in [0.29, 0.717) is 5.69 Å². The Morgan fingerprint density at radius 1 is 1.43 bits per heavy atom. The topological polar surface area (TPSA) is 95.9 Å². The third kappa shape index (κ3) is 2.79. The summed E-state index contributed by atoms with van der Waals surface area (Å²) < 4.78 is 33.2. The molecule has 1 aromatic carbocycles. The van der Waals surface area contributed by atoms with Gasteiger partial charge in [-0.05, 0) is 12.1 Å². The predicted octanol–water partition coefficient (Wildman–Crippen LogP) is 0.615. The average Bonchev–Trinajstić information content (AvgIpc) is 2.06. The maximum absolute atomic E-state index is 10.3. The molecule has 0 bridgehead atoms. The van der Waals surface area contributed by atoms with Crippen LogP contribution in [0.2, 0.25) is 0 Å². The molecule has 0 spiro atoms. The number of nitrogens with one attached hydrogen (secondary N) is 1. The van der Waals surface area contributed by atoms with Gasteiger partial charge in [0.15, 0.2) is 0 Å². The van der Waals surface area contributed by atoms with Crippen LogP contribution in [0.1, 0.15) is 0 Å². The maximum atomic E-state index is 10.3. The summed E-state index contributed by atoms with van der Waals surface area (Å²) in [4.78, 5) is 0. The van der Waals surface area contributed by atoms with E-state index in [0.717, 1.165) is 0 Å². The van der Waals surface area contributed by atoms with Gasteiger partial charge < -0.3 is 14.6 Å². The summed E-state index contributed by atoms with van der Waals surface area (Å²) in [6.45, 7) is 0. The lowest BCUT2D eigenvalue weighted by Gasteiger charge is -2.06. The number of phenolic OH excluding ortho intramolecular Hbond substituents is 1. The minimum absolute atomic E-state index is 0.0461. The van der Waals surface area contributed by atoms with Gasteiger partial charge in [-0.15, -0.1) is 0 Å². The van der Waals surface area contributed by atoms with Crippen LogP contribution >= 0.6 is 0 Å². The van der Waals surface area contributed by atoms with Gasteiger partial charge in [-0.2, -0.15) is 8.42 Å². The van der Waals surface area contributed by atoms with Crippen LogP contribution in [0.3, 0.4) is 0 Å². The van der Waals surface area contributed by atoms with Crippen molar-refractivity contribution in [1.29, 1.82) is 0 Å². The van der Waals surface area contributed by atoms with Crippen molar-refractivity contribution in [3.05, 3.63) is 18.2 Å². The zero-order valence-corrected chi connectivity index (χ0v) is 8.08. The molecule has 0 saturated carbocycles. The van der Waals surface area contributed by atoms with Crippen molar-refractivity contribution >= 4 is 16.1 Å². The second kappa shape index (κ2) is 3.72. The lowest BCUT2D eigenvalue weighted by Crippen LogP contribution is -2.06. The minimum atomic E-state index is -4.52. The highest BCUT2D eigenvalue weighted by Crippen LogP contribution is 2.27. The Morgan fingerprint density at radius 3 is 2.57 bits per heavy atom. The van der Waals surface area contributed by atoms with E-state index in [2.05, 4.69) is 9.50 Å². The predicted molar refractivity (Wildman–Crippen MR) is 49.8 cm³/mol. The molecule has 0 aliphatic carbocycles. The Labute approximate surface area is 81.1 Å². The molecule has 0 saturated heterocycles. The molecule has 14 heavy (non-hydrogen) atoms.